The maximum Gasteiger partial charge on any atom is 0.490 e. The van der Waals surface area contributed by atoms with Crippen molar-refractivity contribution >= 4 is 71.3 Å². The number of rotatable bonds is 23. The van der Waals surface area contributed by atoms with Crippen molar-refractivity contribution in [1.82, 2.24) is 48.5 Å². The normalized spacial score (nSPS) is 29.4. The predicted molar refractivity (Wildman–Crippen MR) is 256 cm³/mol. The van der Waals surface area contributed by atoms with E-state index in [1.165, 1.54) is 32.0 Å². The van der Waals surface area contributed by atoms with Crippen LogP contribution in [0.15, 0.2) is 45.6 Å². The van der Waals surface area contributed by atoms with Crippen molar-refractivity contribution in [3.8, 4) is 0 Å². The van der Waals surface area contributed by atoms with Crippen LogP contribution in [0.5, 0.6) is 0 Å². The van der Waals surface area contributed by atoms with Crippen molar-refractivity contribution in [2.75, 3.05) is 51.5 Å². The number of aliphatic hydroxyl groups excluding tert-OH is 3. The summed E-state index contributed by atoms with van der Waals surface area (Å²) in [4.78, 5) is 117. The molecule has 0 saturated carbocycles. The van der Waals surface area contributed by atoms with E-state index in [2.05, 4.69) is 33.5 Å². The fourth-order valence-corrected chi connectivity index (χ4v) is 13.5. The zero-order valence-electron chi connectivity index (χ0n) is 41.5. The van der Waals surface area contributed by atoms with Crippen LogP contribution in [-0.2, 0) is 75.8 Å². The topological polar surface area (TPSA) is 530 Å². The lowest BCUT2D eigenvalue weighted by molar-refractivity contribution is -0.745. The van der Waals surface area contributed by atoms with Crippen LogP contribution in [0.2, 0.25) is 0 Å². The van der Waals surface area contributed by atoms with Gasteiger partial charge in [-0.15, -0.1) is 0 Å². The SMILES string of the molecule is CCN(CC)C(=O)C[C@@H]1[C@@H](COP(=O)(O)OP(=O)(O)OP(=O)(O)OCC2O[C@@H](n3cnc4c(N)ncnc43)[C@H](OC)[C@@H]2OP(=O)([O-])OC[C@H]2O[C@@H](n3ccc(=O)[nH]c3=O)[C@H](O)[C@@H]2O)OC([n+]2cn(C)c3c(=O)[nH]c(N)nc32)[C@@H]1O. The lowest BCUT2D eigenvalue weighted by atomic mass is 9.93. The largest absolute Gasteiger partial charge is 0.756 e. The van der Waals surface area contributed by atoms with Crippen molar-refractivity contribution in [2.24, 2.45) is 13.0 Å². The van der Waals surface area contributed by atoms with Crippen molar-refractivity contribution in [2.45, 2.75) is 87.8 Å². The number of hydrogen-bond acceptors (Lipinski definition) is 28. The highest BCUT2D eigenvalue weighted by Crippen LogP contribution is 2.68. The molecule has 5 aromatic rings. The second-order valence-corrected chi connectivity index (χ2v) is 23.6. The number of aromatic nitrogens is 10. The number of carbonyl (C=O) groups is 1. The lowest BCUT2D eigenvalue weighted by Crippen LogP contribution is -2.45. The number of H-pyrrole nitrogens is 2. The van der Waals surface area contributed by atoms with E-state index in [-0.39, 0.29) is 47.2 Å². The fraction of sp³-hybridized carbons (Fsp3) is 0.595. The molecule has 12 N–H and O–H groups in total. The zero-order valence-corrected chi connectivity index (χ0v) is 45.0. The Morgan fingerprint density at radius 3 is 2.13 bits per heavy atom. The van der Waals surface area contributed by atoms with Crippen LogP contribution >= 0.6 is 31.3 Å². The third kappa shape index (κ3) is 13.0. The first-order chi connectivity index (χ1) is 37.1. The van der Waals surface area contributed by atoms with Crippen molar-refractivity contribution in [3.63, 3.8) is 0 Å². The summed E-state index contributed by atoms with van der Waals surface area (Å²) in [6.07, 6.45) is -14.6. The molecule has 3 fully saturated rings. The van der Waals surface area contributed by atoms with Crippen LogP contribution in [0.25, 0.3) is 22.3 Å². The number of aryl methyl sites for hydroxylation is 1. The Balaban J connectivity index is 0.956. The zero-order chi connectivity index (χ0) is 57.7. The van der Waals surface area contributed by atoms with Gasteiger partial charge in [-0.05, 0) is 13.8 Å². The first-order valence-electron chi connectivity index (χ1n) is 23.2. The molecule has 5 aromatic heterocycles. The number of nitrogens with one attached hydrogen (secondary N) is 2. The number of ether oxygens (including phenoxy) is 4. The summed E-state index contributed by atoms with van der Waals surface area (Å²) in [5.74, 6) is -2.14. The van der Waals surface area contributed by atoms with Crippen molar-refractivity contribution in [3.05, 3.63) is 62.4 Å². The van der Waals surface area contributed by atoms with E-state index in [1.807, 2.05) is 4.98 Å². The third-order valence-electron chi connectivity index (χ3n) is 12.7. The molecular formula is C37H53N13O25P4. The first-order valence-corrected chi connectivity index (χ1v) is 29.2. The van der Waals surface area contributed by atoms with E-state index in [0.717, 1.165) is 32.0 Å². The standard InChI is InChI=1S/C37H53N13O25P4/c1-5-47(6-2)21(52)9-16-17(70-33(24(16)53)50-15-46(3)23-31(50)44-36(39)45-32(23)56)10-68-77(60,61)74-79(64,65)75-78(62,63)69-12-19-27(28(66-4)35(72-19)49-14-42-22-29(38)40-13-41-30(22)49)73-76(58,59)67-11-18-25(54)26(55)34(71-18)48-8-7-20(51)43-37(48)57/h7-8,13-19,24-28,33-35,53-55H,5-6,9-12H2,1-4H3,(H9-,38,39,40,41,43,44,45,51,56,57,58,59,60,61,62,63,64,65)/t16-,17-,18-,19?,24-,25-,26-,27-,28-,33?,34-,35-/m1/s1. The molecule has 38 nitrogen and oxygen atoms in total. The molecule has 3 saturated heterocycles. The van der Waals surface area contributed by atoms with Gasteiger partial charge in [0.15, 0.2) is 30.2 Å². The molecule has 16 atom stereocenters. The minimum atomic E-state index is -6.25. The van der Waals surface area contributed by atoms with Crippen LogP contribution in [-0.4, -0.2) is 173 Å². The number of fused-ring (bicyclic) bond motifs is 2. The monoisotopic (exact) mass is 1200 g/mol. The molecule has 0 bridgehead atoms. The molecule has 8 rings (SSSR count). The number of methoxy groups -OCH3 is 1. The second-order valence-electron chi connectivity index (χ2n) is 17.6. The molecule has 1 amide bonds. The summed E-state index contributed by atoms with van der Waals surface area (Å²) >= 11 is 0. The van der Waals surface area contributed by atoms with Crippen LogP contribution in [0.1, 0.15) is 39.0 Å². The van der Waals surface area contributed by atoms with Crippen molar-refractivity contribution in [1.29, 1.82) is 0 Å². The Bertz CT molecular complexity index is 3450. The van der Waals surface area contributed by atoms with Crippen LogP contribution in [0.4, 0.5) is 11.8 Å². The highest BCUT2D eigenvalue weighted by Gasteiger charge is 2.53. The minimum absolute atomic E-state index is 0.00843. The summed E-state index contributed by atoms with van der Waals surface area (Å²) in [5.41, 5.74) is 9.13. The summed E-state index contributed by atoms with van der Waals surface area (Å²) in [5, 5.41) is 32.9. The molecule has 0 aliphatic carbocycles. The number of anilines is 2. The number of phosphoric acid groups is 4. The van der Waals surface area contributed by atoms with Gasteiger partial charge in [-0.2, -0.15) is 8.62 Å². The van der Waals surface area contributed by atoms with E-state index in [0.29, 0.717) is 4.57 Å². The summed E-state index contributed by atoms with van der Waals surface area (Å²) in [6, 6.07) is 0.912. The van der Waals surface area contributed by atoms with Crippen LogP contribution in [0.3, 0.4) is 0 Å². The van der Waals surface area contributed by atoms with E-state index in [9.17, 15) is 72.3 Å². The number of imidazole rings is 2. The molecule has 6 unspecified atom stereocenters. The van der Waals surface area contributed by atoms with Crippen LogP contribution < -0.4 is 37.7 Å². The second kappa shape index (κ2) is 23.4. The molecule has 42 heteroatoms. The highest BCUT2D eigenvalue weighted by molar-refractivity contribution is 7.66. The first kappa shape index (κ1) is 60.0. The maximum atomic E-state index is 13.5. The number of phosphoric ester groups is 3. The van der Waals surface area contributed by atoms with Gasteiger partial charge in [0.05, 0.1) is 39.3 Å². The van der Waals surface area contributed by atoms with Gasteiger partial charge in [0.2, 0.25) is 17.7 Å². The minimum Gasteiger partial charge on any atom is -0.756 e. The van der Waals surface area contributed by atoms with E-state index in [1.54, 1.807) is 13.8 Å². The predicted octanol–water partition coefficient (Wildman–Crippen LogP) is -3.99. The molecule has 0 radical (unpaired) electrons. The Morgan fingerprint density at radius 1 is 0.835 bits per heavy atom. The number of hydrogen-bond donors (Lipinski definition) is 10. The summed E-state index contributed by atoms with van der Waals surface area (Å²) < 4.78 is 109. The van der Waals surface area contributed by atoms with Gasteiger partial charge in [-0.25, -0.2) is 38.0 Å². The summed E-state index contributed by atoms with van der Waals surface area (Å²) in [7, 11) is -21.3. The van der Waals surface area contributed by atoms with Gasteiger partial charge in [0.25, 0.3) is 24.9 Å². The molecule has 436 valence electrons. The number of amides is 1. The van der Waals surface area contributed by atoms with Gasteiger partial charge in [-0.3, -0.25) is 51.7 Å². The van der Waals surface area contributed by atoms with Crippen LogP contribution in [0, 0.1) is 5.92 Å². The summed E-state index contributed by atoms with van der Waals surface area (Å²) in [6.45, 7) is 0.441. The molecular weight excluding hydrogens is 1150 g/mol. The molecule has 79 heavy (non-hydrogen) atoms. The number of aliphatic hydroxyl groups is 3. The smallest absolute Gasteiger partial charge is 0.490 e. The van der Waals surface area contributed by atoms with Gasteiger partial charge >= 0.3 is 34.8 Å². The Hall–Kier alpha value is -5.11. The number of nitrogen functional groups attached to an aromatic ring is 2. The van der Waals surface area contributed by atoms with E-state index < -0.39 is 154 Å². The van der Waals surface area contributed by atoms with E-state index >= 15 is 0 Å². The van der Waals surface area contributed by atoms with Crippen molar-refractivity contribution < 1.29 is 108 Å². The molecule has 0 spiro atoms. The number of nitrogens with two attached hydrogens (primary N) is 2. The van der Waals surface area contributed by atoms with Gasteiger partial charge in [-0.1, -0.05) is 4.98 Å². The van der Waals surface area contributed by atoms with Gasteiger partial charge in [0, 0.05) is 44.8 Å². The molecule has 3 aliphatic rings. The molecule has 0 aromatic carbocycles. The highest BCUT2D eigenvalue weighted by atomic mass is 31.3. The number of aromatic amines is 2. The quantitative estimate of drug-likeness (QED) is 0.0220. The number of carbonyl (C=O) groups excluding carboxylic acids is 1. The fourth-order valence-electron chi connectivity index (χ4n) is 9.03. The van der Waals surface area contributed by atoms with E-state index in [4.69, 9.17) is 48.5 Å². The molecule has 3 aliphatic heterocycles. The van der Waals surface area contributed by atoms with Gasteiger partial charge in [0.1, 0.15) is 54.6 Å². The molecule has 8 heterocycles. The third-order valence-corrected chi connectivity index (χ3v) is 17.9. The Kier molecular flexibility index (Phi) is 17.8. The Morgan fingerprint density at radius 2 is 1.48 bits per heavy atom. The number of nitrogens with zero attached hydrogens (tertiary/aromatic N) is 9. The lowest BCUT2D eigenvalue weighted by Gasteiger charge is -2.31. The Labute approximate surface area is 441 Å². The van der Waals surface area contributed by atoms with Gasteiger partial charge < -0.3 is 79.3 Å². The average Bonchev–Trinajstić information content (AvgIpc) is 4.17. The average molecular weight is 1200 g/mol. The maximum absolute atomic E-state index is 13.5.